The topological polar surface area (TPSA) is 27.6 Å². The van der Waals surface area contributed by atoms with Crippen LogP contribution < -0.4 is 5.32 Å². The molecule has 1 saturated heterocycles. The second-order valence-corrected chi connectivity index (χ2v) is 8.35. The van der Waals surface area contributed by atoms with Gasteiger partial charge in [0.2, 0.25) is 0 Å². The van der Waals surface area contributed by atoms with E-state index in [0.29, 0.717) is 10.00 Å². The molecule has 1 atom stereocenters. The number of hydrogen-bond donors (Lipinski definition) is 1. The van der Waals surface area contributed by atoms with Crippen molar-refractivity contribution >= 4 is 53.5 Å². The molecule has 0 aromatic rings. The first-order valence-electron chi connectivity index (χ1n) is 6.68. The normalized spacial score (nSPS) is 20.7. The van der Waals surface area contributed by atoms with Crippen molar-refractivity contribution in [2.24, 2.45) is 4.99 Å². The van der Waals surface area contributed by atoms with Gasteiger partial charge in [0, 0.05) is 35.4 Å². The number of guanidine groups is 1. The zero-order valence-electron chi connectivity index (χ0n) is 12.7. The molecule has 6 heteroatoms. The van der Waals surface area contributed by atoms with Gasteiger partial charge in [0.25, 0.3) is 0 Å². The lowest BCUT2D eigenvalue weighted by atomic mass is 10.2. The molecule has 0 aliphatic carbocycles. The summed E-state index contributed by atoms with van der Waals surface area (Å²) in [6.07, 6.45) is 2.15. The minimum absolute atomic E-state index is 0. The van der Waals surface area contributed by atoms with Crippen molar-refractivity contribution in [3.8, 4) is 0 Å². The fraction of sp³-hybridized carbons (Fsp3) is 0.923. The van der Waals surface area contributed by atoms with Crippen molar-refractivity contribution in [3.63, 3.8) is 0 Å². The highest BCUT2D eigenvalue weighted by Gasteiger charge is 2.28. The smallest absolute Gasteiger partial charge is 0.194 e. The van der Waals surface area contributed by atoms with Crippen LogP contribution in [0, 0.1) is 0 Å². The highest BCUT2D eigenvalue weighted by molar-refractivity contribution is 14.0. The first kappa shape index (κ1) is 19.7. The Morgan fingerprint density at radius 3 is 2.74 bits per heavy atom. The molecule has 0 radical (unpaired) electrons. The molecule has 1 aliphatic heterocycles. The molecule has 0 aromatic heterocycles. The molecule has 0 bridgehead atoms. The number of nitrogens with zero attached hydrogens (tertiary/aromatic N) is 2. The number of hydrogen-bond acceptors (Lipinski definition) is 3. The fourth-order valence-electron chi connectivity index (χ4n) is 1.91. The van der Waals surface area contributed by atoms with E-state index in [1.807, 2.05) is 11.8 Å². The summed E-state index contributed by atoms with van der Waals surface area (Å²) >= 11 is 3.93. The molecule has 3 nitrogen and oxygen atoms in total. The van der Waals surface area contributed by atoms with Gasteiger partial charge >= 0.3 is 0 Å². The van der Waals surface area contributed by atoms with Crippen molar-refractivity contribution in [1.29, 1.82) is 0 Å². The lowest BCUT2D eigenvalue weighted by Crippen LogP contribution is -2.51. The third-order valence-electron chi connectivity index (χ3n) is 2.96. The Morgan fingerprint density at radius 2 is 2.21 bits per heavy atom. The predicted molar refractivity (Wildman–Crippen MR) is 102 cm³/mol. The fourth-order valence-corrected chi connectivity index (χ4v) is 3.25. The van der Waals surface area contributed by atoms with E-state index in [9.17, 15) is 0 Å². The monoisotopic (exact) mass is 417 g/mol. The molecule has 1 N–H and O–H groups in total. The molecule has 0 saturated carbocycles. The Morgan fingerprint density at radius 1 is 1.53 bits per heavy atom. The van der Waals surface area contributed by atoms with Crippen LogP contribution in [-0.4, -0.2) is 59.0 Å². The summed E-state index contributed by atoms with van der Waals surface area (Å²) in [5, 5.41) is 4.02. The van der Waals surface area contributed by atoms with Crippen LogP contribution in [0.2, 0.25) is 0 Å². The SMILES string of the molecule is CCNC(=NCC(C)SC)N1CCSC(C)(C)C1.I. The first-order valence-corrected chi connectivity index (χ1v) is 8.96. The number of nitrogens with one attached hydrogen (secondary N) is 1. The molecule has 1 rings (SSSR count). The Kier molecular flexibility index (Phi) is 9.96. The summed E-state index contributed by atoms with van der Waals surface area (Å²) in [5.74, 6) is 2.28. The maximum absolute atomic E-state index is 4.77. The summed E-state index contributed by atoms with van der Waals surface area (Å²) in [6.45, 7) is 13.0. The van der Waals surface area contributed by atoms with Gasteiger partial charge in [-0.3, -0.25) is 4.99 Å². The maximum Gasteiger partial charge on any atom is 0.194 e. The molecule has 1 unspecified atom stereocenters. The van der Waals surface area contributed by atoms with Crippen molar-refractivity contribution in [2.75, 3.05) is 38.2 Å². The Balaban J connectivity index is 0.00000324. The third kappa shape index (κ3) is 7.32. The van der Waals surface area contributed by atoms with Crippen molar-refractivity contribution in [2.45, 2.75) is 37.7 Å². The van der Waals surface area contributed by atoms with E-state index in [-0.39, 0.29) is 24.0 Å². The summed E-state index contributed by atoms with van der Waals surface area (Å²) in [7, 11) is 0. The average Bonchev–Trinajstić information content (AvgIpc) is 2.32. The molecule has 1 heterocycles. The van der Waals surface area contributed by atoms with Gasteiger partial charge in [-0.05, 0) is 27.0 Å². The standard InChI is InChI=1S/C13H27N3S2.HI/c1-6-14-12(15-9-11(2)17-5)16-7-8-18-13(3,4)10-16;/h11H,6-10H2,1-5H3,(H,14,15);1H. The minimum Gasteiger partial charge on any atom is -0.357 e. The van der Waals surface area contributed by atoms with Gasteiger partial charge in [-0.25, -0.2) is 0 Å². The molecule has 19 heavy (non-hydrogen) atoms. The Bertz CT molecular complexity index is 285. The molecular weight excluding hydrogens is 389 g/mol. The molecule has 0 aromatic carbocycles. The van der Waals surface area contributed by atoms with Crippen LogP contribution in [0.4, 0.5) is 0 Å². The van der Waals surface area contributed by atoms with Crippen LogP contribution in [-0.2, 0) is 0 Å². The van der Waals surface area contributed by atoms with E-state index in [0.717, 1.165) is 32.1 Å². The number of halogens is 1. The zero-order chi connectivity index (χ0) is 13.6. The van der Waals surface area contributed by atoms with Gasteiger partial charge in [0.05, 0.1) is 6.54 Å². The summed E-state index contributed by atoms with van der Waals surface area (Å²) in [5.41, 5.74) is 0. The van der Waals surface area contributed by atoms with Crippen LogP contribution >= 0.6 is 47.5 Å². The van der Waals surface area contributed by atoms with Gasteiger partial charge in [0.1, 0.15) is 0 Å². The van der Waals surface area contributed by atoms with Gasteiger partial charge in [0.15, 0.2) is 5.96 Å². The largest absolute Gasteiger partial charge is 0.357 e. The highest BCUT2D eigenvalue weighted by Crippen LogP contribution is 2.29. The molecule has 114 valence electrons. The highest BCUT2D eigenvalue weighted by atomic mass is 127. The van der Waals surface area contributed by atoms with E-state index >= 15 is 0 Å². The summed E-state index contributed by atoms with van der Waals surface area (Å²) < 4.78 is 0.333. The zero-order valence-corrected chi connectivity index (χ0v) is 16.7. The summed E-state index contributed by atoms with van der Waals surface area (Å²) in [6, 6.07) is 0. The van der Waals surface area contributed by atoms with E-state index in [2.05, 4.69) is 55.9 Å². The maximum atomic E-state index is 4.77. The van der Waals surface area contributed by atoms with Gasteiger partial charge in [-0.1, -0.05) is 6.92 Å². The van der Waals surface area contributed by atoms with Gasteiger partial charge in [-0.2, -0.15) is 23.5 Å². The molecular formula is C13H28IN3S2. The quantitative estimate of drug-likeness (QED) is 0.432. The molecule has 1 fully saturated rings. The first-order chi connectivity index (χ1) is 8.48. The third-order valence-corrected chi connectivity index (χ3v) is 5.21. The van der Waals surface area contributed by atoms with Gasteiger partial charge < -0.3 is 10.2 Å². The van der Waals surface area contributed by atoms with E-state index in [1.165, 1.54) is 5.75 Å². The Hall–Kier alpha value is 0.700. The van der Waals surface area contributed by atoms with Gasteiger partial charge in [-0.15, -0.1) is 24.0 Å². The Labute approximate surface area is 144 Å². The molecule has 0 spiro atoms. The minimum atomic E-state index is 0. The van der Waals surface area contributed by atoms with E-state index < -0.39 is 0 Å². The molecule has 1 aliphatic rings. The van der Waals surface area contributed by atoms with Crippen molar-refractivity contribution in [3.05, 3.63) is 0 Å². The number of aliphatic imine (C=N–C) groups is 1. The van der Waals surface area contributed by atoms with Crippen LogP contribution in [0.15, 0.2) is 4.99 Å². The van der Waals surface area contributed by atoms with Crippen LogP contribution in [0.5, 0.6) is 0 Å². The van der Waals surface area contributed by atoms with E-state index in [1.54, 1.807) is 0 Å². The number of thioether (sulfide) groups is 2. The van der Waals surface area contributed by atoms with Crippen LogP contribution in [0.1, 0.15) is 27.7 Å². The summed E-state index contributed by atoms with van der Waals surface area (Å²) in [4.78, 5) is 7.18. The second-order valence-electron chi connectivity index (χ2n) is 5.27. The average molecular weight is 417 g/mol. The predicted octanol–water partition coefficient (Wildman–Crippen LogP) is 3.15. The van der Waals surface area contributed by atoms with E-state index in [4.69, 9.17) is 4.99 Å². The number of rotatable bonds is 4. The van der Waals surface area contributed by atoms with Crippen molar-refractivity contribution < 1.29 is 0 Å². The van der Waals surface area contributed by atoms with Crippen molar-refractivity contribution in [1.82, 2.24) is 10.2 Å². The lowest BCUT2D eigenvalue weighted by molar-refractivity contribution is 0.376. The van der Waals surface area contributed by atoms with Crippen LogP contribution in [0.3, 0.4) is 0 Å². The van der Waals surface area contributed by atoms with Crippen LogP contribution in [0.25, 0.3) is 0 Å². The molecule has 0 amide bonds. The lowest BCUT2D eigenvalue weighted by Gasteiger charge is -2.39. The second kappa shape index (κ2) is 9.60.